The SMILES string of the molecule is COC(=O)[C@H]1CC(=O)N(c2ccc(OCc3cccc(OC(F)(F)F)c3)cc2)C1. The van der Waals surface area contributed by atoms with Gasteiger partial charge in [0, 0.05) is 18.7 Å². The minimum Gasteiger partial charge on any atom is -0.489 e. The molecule has 0 aromatic heterocycles. The van der Waals surface area contributed by atoms with E-state index in [4.69, 9.17) is 4.74 Å². The number of benzene rings is 2. The Hall–Kier alpha value is -3.23. The van der Waals surface area contributed by atoms with Crippen molar-refractivity contribution >= 4 is 17.6 Å². The van der Waals surface area contributed by atoms with Gasteiger partial charge < -0.3 is 19.1 Å². The zero-order chi connectivity index (χ0) is 21.0. The Morgan fingerprint density at radius 2 is 1.86 bits per heavy atom. The number of carbonyl (C=O) groups is 2. The fraction of sp³-hybridized carbons (Fsp3) is 0.300. The Bertz CT molecular complexity index is 882. The molecule has 2 aromatic carbocycles. The van der Waals surface area contributed by atoms with E-state index in [9.17, 15) is 22.8 Å². The highest BCUT2D eigenvalue weighted by molar-refractivity contribution is 5.99. The summed E-state index contributed by atoms with van der Waals surface area (Å²) in [5.41, 5.74) is 1.13. The lowest BCUT2D eigenvalue weighted by atomic mass is 10.1. The molecule has 0 spiro atoms. The molecule has 0 aliphatic carbocycles. The number of hydrogen-bond acceptors (Lipinski definition) is 5. The summed E-state index contributed by atoms with van der Waals surface area (Å²) in [4.78, 5) is 25.2. The second-order valence-electron chi connectivity index (χ2n) is 6.41. The normalized spacial score (nSPS) is 16.6. The number of nitrogens with zero attached hydrogens (tertiary/aromatic N) is 1. The monoisotopic (exact) mass is 409 g/mol. The van der Waals surface area contributed by atoms with Gasteiger partial charge >= 0.3 is 12.3 Å². The van der Waals surface area contributed by atoms with Crippen LogP contribution in [0.5, 0.6) is 11.5 Å². The summed E-state index contributed by atoms with van der Waals surface area (Å²) in [7, 11) is 1.28. The average Bonchev–Trinajstić information content (AvgIpc) is 3.07. The molecule has 1 fully saturated rings. The molecule has 1 aliphatic rings. The Labute approximate surface area is 164 Å². The molecule has 3 rings (SSSR count). The highest BCUT2D eigenvalue weighted by Gasteiger charge is 2.35. The maximum atomic E-state index is 12.3. The van der Waals surface area contributed by atoms with Crippen molar-refractivity contribution < 1.29 is 37.0 Å². The van der Waals surface area contributed by atoms with E-state index in [-0.39, 0.29) is 31.2 Å². The van der Waals surface area contributed by atoms with E-state index < -0.39 is 18.2 Å². The summed E-state index contributed by atoms with van der Waals surface area (Å²) in [6, 6.07) is 12.2. The van der Waals surface area contributed by atoms with E-state index in [1.54, 1.807) is 30.3 Å². The Kier molecular flexibility index (Phi) is 5.95. The summed E-state index contributed by atoms with van der Waals surface area (Å²) < 4.78 is 51.1. The fourth-order valence-corrected chi connectivity index (χ4v) is 3.00. The van der Waals surface area contributed by atoms with Crippen molar-refractivity contribution in [2.45, 2.75) is 19.4 Å². The molecule has 0 radical (unpaired) electrons. The van der Waals surface area contributed by atoms with Gasteiger partial charge in [0.2, 0.25) is 5.91 Å². The molecule has 0 bridgehead atoms. The molecule has 1 heterocycles. The van der Waals surface area contributed by atoms with E-state index in [1.165, 1.54) is 30.2 Å². The van der Waals surface area contributed by atoms with Crippen LogP contribution in [-0.2, 0) is 20.9 Å². The third-order valence-electron chi connectivity index (χ3n) is 4.35. The third-order valence-corrected chi connectivity index (χ3v) is 4.35. The molecule has 0 N–H and O–H groups in total. The summed E-state index contributed by atoms with van der Waals surface area (Å²) in [5.74, 6) is -0.920. The van der Waals surface area contributed by atoms with E-state index in [0.717, 1.165) is 0 Å². The maximum absolute atomic E-state index is 12.3. The topological polar surface area (TPSA) is 65.1 Å². The van der Waals surface area contributed by atoms with Crippen LogP contribution in [0.4, 0.5) is 18.9 Å². The van der Waals surface area contributed by atoms with E-state index in [0.29, 0.717) is 17.0 Å². The first-order valence-electron chi connectivity index (χ1n) is 8.71. The second-order valence-corrected chi connectivity index (χ2v) is 6.41. The molecule has 9 heteroatoms. The lowest BCUT2D eigenvalue weighted by Gasteiger charge is -2.17. The molecular weight excluding hydrogens is 391 g/mol. The van der Waals surface area contributed by atoms with Crippen molar-refractivity contribution in [2.24, 2.45) is 5.92 Å². The van der Waals surface area contributed by atoms with Gasteiger partial charge in [0.15, 0.2) is 0 Å². The minimum absolute atomic E-state index is 0.0431. The second kappa shape index (κ2) is 8.42. The zero-order valence-electron chi connectivity index (χ0n) is 15.4. The number of amides is 1. The molecule has 0 unspecified atom stereocenters. The molecule has 1 atom stereocenters. The van der Waals surface area contributed by atoms with Crippen molar-refractivity contribution in [1.82, 2.24) is 0 Å². The lowest BCUT2D eigenvalue weighted by molar-refractivity contribution is -0.274. The van der Waals surface area contributed by atoms with Gasteiger partial charge in [0.1, 0.15) is 18.1 Å². The predicted molar refractivity (Wildman–Crippen MR) is 96.4 cm³/mol. The van der Waals surface area contributed by atoms with Gasteiger partial charge in [-0.15, -0.1) is 13.2 Å². The van der Waals surface area contributed by atoms with Crippen LogP contribution in [0.3, 0.4) is 0 Å². The van der Waals surface area contributed by atoms with Crippen LogP contribution >= 0.6 is 0 Å². The average molecular weight is 409 g/mol. The van der Waals surface area contributed by atoms with Crippen LogP contribution in [0.2, 0.25) is 0 Å². The number of carbonyl (C=O) groups excluding carboxylic acids is 2. The molecule has 2 aromatic rings. The van der Waals surface area contributed by atoms with Gasteiger partial charge in [-0.05, 0) is 42.0 Å². The number of hydrogen-bond donors (Lipinski definition) is 0. The van der Waals surface area contributed by atoms with Gasteiger partial charge in [0.25, 0.3) is 0 Å². The molecule has 154 valence electrons. The molecular formula is C20H18F3NO5. The fourth-order valence-electron chi connectivity index (χ4n) is 3.00. The first-order valence-corrected chi connectivity index (χ1v) is 8.71. The zero-order valence-corrected chi connectivity index (χ0v) is 15.4. The molecule has 1 amide bonds. The number of halogens is 3. The molecule has 29 heavy (non-hydrogen) atoms. The standard InChI is InChI=1S/C20H18F3NO5/c1-27-19(26)14-10-18(25)24(11-14)15-5-7-16(8-6-15)28-12-13-3-2-4-17(9-13)29-20(21,22)23/h2-9,14H,10-12H2,1H3/t14-/m0/s1. The van der Waals surface area contributed by atoms with Gasteiger partial charge in [-0.25, -0.2) is 0 Å². The predicted octanol–water partition coefficient (Wildman–Crippen LogP) is 3.69. The number of alkyl halides is 3. The maximum Gasteiger partial charge on any atom is 0.573 e. The number of ether oxygens (including phenoxy) is 3. The number of esters is 1. The van der Waals surface area contributed by atoms with Crippen LogP contribution in [-0.4, -0.2) is 31.9 Å². The molecule has 6 nitrogen and oxygen atoms in total. The van der Waals surface area contributed by atoms with Crippen molar-refractivity contribution in [3.8, 4) is 11.5 Å². The molecule has 1 saturated heterocycles. The smallest absolute Gasteiger partial charge is 0.489 e. The Balaban J connectivity index is 1.60. The largest absolute Gasteiger partial charge is 0.573 e. The first kappa shape index (κ1) is 20.5. The summed E-state index contributed by atoms with van der Waals surface area (Å²) >= 11 is 0. The van der Waals surface area contributed by atoms with Crippen molar-refractivity contribution in [1.29, 1.82) is 0 Å². The highest BCUT2D eigenvalue weighted by atomic mass is 19.4. The van der Waals surface area contributed by atoms with Crippen molar-refractivity contribution in [3.63, 3.8) is 0 Å². The highest BCUT2D eigenvalue weighted by Crippen LogP contribution is 2.28. The van der Waals surface area contributed by atoms with Gasteiger partial charge in [-0.1, -0.05) is 12.1 Å². The number of methoxy groups -OCH3 is 1. The Morgan fingerprint density at radius 3 is 2.52 bits per heavy atom. The van der Waals surface area contributed by atoms with Gasteiger partial charge in [-0.3, -0.25) is 9.59 Å². The van der Waals surface area contributed by atoms with Crippen LogP contribution < -0.4 is 14.4 Å². The van der Waals surface area contributed by atoms with Crippen LogP contribution in [0.25, 0.3) is 0 Å². The van der Waals surface area contributed by atoms with Crippen LogP contribution in [0.1, 0.15) is 12.0 Å². The number of rotatable bonds is 6. The molecule has 1 aliphatic heterocycles. The van der Waals surface area contributed by atoms with Crippen LogP contribution in [0.15, 0.2) is 48.5 Å². The summed E-state index contributed by atoms with van der Waals surface area (Å²) in [6.07, 6.45) is -4.66. The van der Waals surface area contributed by atoms with E-state index in [1.807, 2.05) is 0 Å². The van der Waals surface area contributed by atoms with Crippen molar-refractivity contribution in [3.05, 3.63) is 54.1 Å². The third kappa shape index (κ3) is 5.40. The van der Waals surface area contributed by atoms with Crippen LogP contribution in [0, 0.1) is 5.92 Å². The summed E-state index contributed by atoms with van der Waals surface area (Å²) in [6.45, 7) is 0.291. The Morgan fingerprint density at radius 1 is 1.14 bits per heavy atom. The van der Waals surface area contributed by atoms with Gasteiger partial charge in [0.05, 0.1) is 13.0 Å². The lowest BCUT2D eigenvalue weighted by Crippen LogP contribution is -2.26. The van der Waals surface area contributed by atoms with E-state index >= 15 is 0 Å². The molecule has 0 saturated carbocycles. The van der Waals surface area contributed by atoms with Crippen molar-refractivity contribution in [2.75, 3.05) is 18.6 Å². The number of anilines is 1. The first-order chi connectivity index (χ1) is 13.7. The minimum atomic E-state index is -4.75. The van der Waals surface area contributed by atoms with Gasteiger partial charge in [-0.2, -0.15) is 0 Å². The summed E-state index contributed by atoms with van der Waals surface area (Å²) in [5, 5.41) is 0. The quantitative estimate of drug-likeness (QED) is 0.681. The van der Waals surface area contributed by atoms with E-state index in [2.05, 4.69) is 9.47 Å².